The molecule has 0 spiro atoms. The van der Waals surface area contributed by atoms with Gasteiger partial charge in [-0.15, -0.1) is 0 Å². The number of alkyl halides is 3. The van der Waals surface area contributed by atoms with Crippen LogP contribution in [0.4, 0.5) is 32.2 Å². The van der Waals surface area contributed by atoms with Crippen molar-refractivity contribution in [3.63, 3.8) is 0 Å². The summed E-state index contributed by atoms with van der Waals surface area (Å²) < 4.78 is 120. The number of rotatable bonds is 10. The Balaban J connectivity index is 1.78. The van der Waals surface area contributed by atoms with Gasteiger partial charge in [-0.3, -0.25) is 9.20 Å². The van der Waals surface area contributed by atoms with E-state index in [4.69, 9.17) is 9.47 Å². The SMILES string of the molecule is COc1ccc(CNc2cc(=O)n3ccc(C(c4c(F)ccc(F)c4F)S(=O)(=O)CCC(F)(F)F)cc3n2)cc1OC. The van der Waals surface area contributed by atoms with Gasteiger partial charge >= 0.3 is 6.18 Å². The molecular formula is C27H23F6N3O5S. The highest BCUT2D eigenvalue weighted by Crippen LogP contribution is 2.37. The highest BCUT2D eigenvalue weighted by molar-refractivity contribution is 7.91. The van der Waals surface area contributed by atoms with Crippen LogP contribution in [0.1, 0.15) is 28.4 Å². The summed E-state index contributed by atoms with van der Waals surface area (Å²) >= 11 is 0. The molecule has 2 aromatic carbocycles. The number of ether oxygens (including phenoxy) is 2. The van der Waals surface area contributed by atoms with Crippen LogP contribution < -0.4 is 20.3 Å². The molecule has 0 aliphatic heterocycles. The van der Waals surface area contributed by atoms with Crippen LogP contribution in [-0.2, 0) is 16.4 Å². The number of hydrogen-bond acceptors (Lipinski definition) is 7. The zero-order valence-electron chi connectivity index (χ0n) is 22.0. The summed E-state index contributed by atoms with van der Waals surface area (Å²) in [6, 6.07) is 9.07. The van der Waals surface area contributed by atoms with E-state index in [1.165, 1.54) is 14.2 Å². The second-order valence-electron chi connectivity index (χ2n) is 9.08. The lowest BCUT2D eigenvalue weighted by atomic mass is 10.0. The monoisotopic (exact) mass is 615 g/mol. The third-order valence-electron chi connectivity index (χ3n) is 6.29. The van der Waals surface area contributed by atoms with Crippen molar-refractivity contribution in [2.75, 3.05) is 25.3 Å². The molecule has 4 rings (SSSR count). The van der Waals surface area contributed by atoms with Gasteiger partial charge in [-0.05, 0) is 47.5 Å². The zero-order valence-corrected chi connectivity index (χ0v) is 22.8. The number of nitrogens with one attached hydrogen (secondary N) is 1. The fourth-order valence-electron chi connectivity index (χ4n) is 4.27. The van der Waals surface area contributed by atoms with E-state index >= 15 is 0 Å². The number of anilines is 1. The van der Waals surface area contributed by atoms with Crippen LogP contribution in [0.25, 0.3) is 5.65 Å². The first-order chi connectivity index (χ1) is 19.7. The second kappa shape index (κ2) is 11.9. The van der Waals surface area contributed by atoms with Crippen LogP contribution >= 0.6 is 0 Å². The van der Waals surface area contributed by atoms with Gasteiger partial charge in [0.1, 0.15) is 22.5 Å². The van der Waals surface area contributed by atoms with Crippen molar-refractivity contribution < 1.29 is 44.2 Å². The lowest BCUT2D eigenvalue weighted by Crippen LogP contribution is -2.25. The minimum Gasteiger partial charge on any atom is -0.493 e. The molecule has 8 nitrogen and oxygen atoms in total. The van der Waals surface area contributed by atoms with Crippen molar-refractivity contribution in [1.29, 1.82) is 0 Å². The average Bonchev–Trinajstić information content (AvgIpc) is 2.94. The van der Waals surface area contributed by atoms with Crippen molar-refractivity contribution in [1.82, 2.24) is 9.38 Å². The first kappa shape index (κ1) is 30.7. The van der Waals surface area contributed by atoms with Gasteiger partial charge in [0.15, 0.2) is 33.0 Å². The number of benzene rings is 2. The predicted octanol–water partition coefficient (Wildman–Crippen LogP) is 5.20. The van der Waals surface area contributed by atoms with Crippen LogP contribution in [0, 0.1) is 17.5 Å². The molecule has 0 saturated carbocycles. The van der Waals surface area contributed by atoms with Crippen molar-refractivity contribution >= 4 is 21.3 Å². The molecule has 42 heavy (non-hydrogen) atoms. The molecule has 0 amide bonds. The Morgan fingerprint density at radius 2 is 1.64 bits per heavy atom. The first-order valence-corrected chi connectivity index (χ1v) is 13.9. The molecule has 2 aromatic heterocycles. The van der Waals surface area contributed by atoms with E-state index in [2.05, 4.69) is 10.3 Å². The minimum atomic E-state index is -4.99. The van der Waals surface area contributed by atoms with E-state index in [1.807, 2.05) is 0 Å². The second-order valence-corrected chi connectivity index (χ2v) is 11.3. The van der Waals surface area contributed by atoms with Crippen LogP contribution in [-0.4, -0.2) is 44.0 Å². The Hall–Kier alpha value is -4.27. The van der Waals surface area contributed by atoms with Crippen LogP contribution in [0.15, 0.2) is 59.5 Å². The molecule has 224 valence electrons. The number of halogens is 6. The summed E-state index contributed by atoms with van der Waals surface area (Å²) in [5, 5.41) is 0.548. The molecule has 15 heteroatoms. The quantitative estimate of drug-likeness (QED) is 0.194. The molecule has 0 radical (unpaired) electrons. The van der Waals surface area contributed by atoms with E-state index in [9.17, 15) is 39.6 Å². The number of pyridine rings is 1. The summed E-state index contributed by atoms with van der Waals surface area (Å²) in [7, 11) is -2.06. The summed E-state index contributed by atoms with van der Waals surface area (Å²) in [5.74, 6) is -5.51. The van der Waals surface area contributed by atoms with Gasteiger partial charge in [0.05, 0.1) is 26.4 Å². The molecule has 0 aliphatic carbocycles. The Labute approximate surface area is 235 Å². The normalized spacial score (nSPS) is 12.8. The van der Waals surface area contributed by atoms with E-state index in [1.54, 1.807) is 18.2 Å². The smallest absolute Gasteiger partial charge is 0.390 e. The molecule has 1 N–H and O–H groups in total. The molecule has 2 heterocycles. The van der Waals surface area contributed by atoms with Gasteiger partial charge in [-0.2, -0.15) is 13.2 Å². The third kappa shape index (κ3) is 6.61. The largest absolute Gasteiger partial charge is 0.493 e. The van der Waals surface area contributed by atoms with Crippen LogP contribution in [0.5, 0.6) is 11.5 Å². The standard InChI is InChI=1S/C27H23F6N3O5S/c1-40-19-6-3-15(11-20(19)41-2)14-34-21-13-23(37)36-9-7-16(12-22(36)35-21)26(42(38,39)10-8-27(31,32)33)24-17(28)4-5-18(29)25(24)30/h3-7,9,11-13,26,34H,8,10,14H2,1-2H3. The minimum absolute atomic E-state index is 0.0338. The van der Waals surface area contributed by atoms with Gasteiger partial charge < -0.3 is 14.8 Å². The average molecular weight is 616 g/mol. The number of nitrogens with zero attached hydrogens (tertiary/aromatic N) is 2. The van der Waals surface area contributed by atoms with Gasteiger partial charge in [-0.1, -0.05) is 6.07 Å². The van der Waals surface area contributed by atoms with Gasteiger partial charge in [0.2, 0.25) is 0 Å². The van der Waals surface area contributed by atoms with Crippen molar-refractivity contribution in [3.05, 3.63) is 99.2 Å². The molecule has 1 atom stereocenters. The number of sulfone groups is 1. The number of aromatic nitrogens is 2. The first-order valence-electron chi connectivity index (χ1n) is 12.1. The number of hydrogen-bond donors (Lipinski definition) is 1. The lowest BCUT2D eigenvalue weighted by molar-refractivity contribution is -0.129. The Bertz CT molecular complexity index is 1790. The molecule has 0 aliphatic rings. The number of methoxy groups -OCH3 is 2. The molecule has 0 bridgehead atoms. The fourth-order valence-corrected chi connectivity index (χ4v) is 6.16. The lowest BCUT2D eigenvalue weighted by Gasteiger charge is -2.21. The highest BCUT2D eigenvalue weighted by atomic mass is 32.2. The van der Waals surface area contributed by atoms with E-state index in [0.717, 1.165) is 28.8 Å². The molecular weight excluding hydrogens is 592 g/mol. The Kier molecular flexibility index (Phi) is 8.71. The molecule has 0 saturated heterocycles. The maximum atomic E-state index is 14.8. The summed E-state index contributed by atoms with van der Waals surface area (Å²) in [5.41, 5.74) is -1.82. The van der Waals surface area contributed by atoms with Crippen molar-refractivity contribution in [2.24, 2.45) is 0 Å². The predicted molar refractivity (Wildman–Crippen MR) is 141 cm³/mol. The maximum Gasteiger partial charge on any atom is 0.390 e. The summed E-state index contributed by atoms with van der Waals surface area (Å²) in [6.45, 7) is 0.150. The van der Waals surface area contributed by atoms with Gasteiger partial charge in [0, 0.05) is 24.4 Å². The Morgan fingerprint density at radius 1 is 0.952 bits per heavy atom. The van der Waals surface area contributed by atoms with Gasteiger partial charge in [0.25, 0.3) is 5.56 Å². The summed E-state index contributed by atoms with van der Waals surface area (Å²) in [6.07, 6.45) is -5.65. The molecule has 1 unspecified atom stereocenters. The van der Waals surface area contributed by atoms with Crippen LogP contribution in [0.3, 0.4) is 0 Å². The van der Waals surface area contributed by atoms with E-state index in [0.29, 0.717) is 29.2 Å². The van der Waals surface area contributed by atoms with Crippen LogP contribution in [0.2, 0.25) is 0 Å². The van der Waals surface area contributed by atoms with E-state index in [-0.39, 0.29) is 18.0 Å². The zero-order chi connectivity index (χ0) is 30.8. The van der Waals surface area contributed by atoms with Gasteiger partial charge in [-0.25, -0.2) is 26.6 Å². The van der Waals surface area contributed by atoms with Crippen molar-refractivity contribution in [3.8, 4) is 11.5 Å². The Morgan fingerprint density at radius 3 is 2.31 bits per heavy atom. The molecule has 0 fully saturated rings. The highest BCUT2D eigenvalue weighted by Gasteiger charge is 2.38. The van der Waals surface area contributed by atoms with E-state index < -0.39 is 67.6 Å². The third-order valence-corrected chi connectivity index (χ3v) is 8.29. The molecule has 4 aromatic rings. The topological polar surface area (TPSA) is 99.0 Å². The van der Waals surface area contributed by atoms with Crippen molar-refractivity contribution in [2.45, 2.75) is 24.4 Å². The number of fused-ring (bicyclic) bond motifs is 1. The fraction of sp³-hybridized carbons (Fsp3) is 0.259. The summed E-state index contributed by atoms with van der Waals surface area (Å²) in [4.78, 5) is 17.0. The maximum absolute atomic E-state index is 14.8.